The summed E-state index contributed by atoms with van der Waals surface area (Å²) in [6, 6.07) is 6.37. The molecule has 0 aliphatic carbocycles. The number of benzene rings is 1. The molecule has 0 heterocycles. The van der Waals surface area contributed by atoms with E-state index in [0.29, 0.717) is 5.56 Å². The fourth-order valence-electron chi connectivity index (χ4n) is 0.974. The van der Waals surface area contributed by atoms with Crippen molar-refractivity contribution < 1.29 is 10.0 Å². The molecule has 0 aliphatic rings. The van der Waals surface area contributed by atoms with Crippen molar-refractivity contribution in [2.75, 3.05) is 6.61 Å². The van der Waals surface area contributed by atoms with Gasteiger partial charge in [-0.05, 0) is 12.1 Å². The summed E-state index contributed by atoms with van der Waals surface area (Å²) in [4.78, 5) is 10.0. The second-order valence-corrected chi connectivity index (χ2v) is 2.40. The highest BCUT2D eigenvalue weighted by molar-refractivity contribution is 5.60. The van der Waals surface area contributed by atoms with E-state index in [0.717, 1.165) is 0 Å². The Morgan fingerprint density at radius 2 is 2.15 bits per heavy atom. The fraction of sp³-hybridized carbons (Fsp3) is 0.111. The van der Waals surface area contributed by atoms with Crippen molar-refractivity contribution in [2.24, 2.45) is 0 Å². The zero-order valence-corrected chi connectivity index (χ0v) is 6.88. The summed E-state index contributed by atoms with van der Waals surface area (Å²) >= 11 is 0. The van der Waals surface area contributed by atoms with E-state index in [2.05, 4.69) is 0 Å². The number of aliphatic hydroxyl groups is 1. The van der Waals surface area contributed by atoms with Crippen LogP contribution >= 0.6 is 0 Å². The number of para-hydroxylation sites is 1. The summed E-state index contributed by atoms with van der Waals surface area (Å²) in [7, 11) is 0. The third kappa shape index (κ3) is 2.38. The van der Waals surface area contributed by atoms with Gasteiger partial charge in [-0.3, -0.25) is 10.1 Å². The first-order valence-corrected chi connectivity index (χ1v) is 3.76. The Balaban J connectivity index is 3.05. The highest BCUT2D eigenvalue weighted by Gasteiger charge is 2.08. The summed E-state index contributed by atoms with van der Waals surface area (Å²) in [5.74, 6) is 0. The van der Waals surface area contributed by atoms with Crippen molar-refractivity contribution in [3.8, 4) is 0 Å². The molecule has 0 radical (unpaired) electrons. The number of aliphatic hydroxyl groups excluding tert-OH is 1. The second-order valence-electron chi connectivity index (χ2n) is 2.40. The van der Waals surface area contributed by atoms with Crippen LogP contribution in [-0.2, 0) is 0 Å². The number of hydrogen-bond donors (Lipinski definition) is 1. The quantitative estimate of drug-likeness (QED) is 0.566. The average molecular weight is 179 g/mol. The number of nitro benzene ring substituents is 1. The smallest absolute Gasteiger partial charge is 0.276 e. The Hall–Kier alpha value is -1.68. The first-order chi connectivity index (χ1) is 6.25. The monoisotopic (exact) mass is 179 g/mol. The molecule has 0 atom stereocenters. The van der Waals surface area contributed by atoms with Crippen LogP contribution in [0.4, 0.5) is 5.69 Å². The Labute approximate surface area is 75.3 Å². The van der Waals surface area contributed by atoms with Crippen LogP contribution in [0.25, 0.3) is 6.08 Å². The Bertz CT molecular complexity index is 333. The molecule has 0 fully saturated rings. The minimum atomic E-state index is -0.447. The molecule has 4 nitrogen and oxygen atoms in total. The second kappa shape index (κ2) is 4.37. The molecular weight excluding hydrogens is 170 g/mol. The maximum absolute atomic E-state index is 10.5. The van der Waals surface area contributed by atoms with Gasteiger partial charge in [-0.2, -0.15) is 0 Å². The normalized spacial score (nSPS) is 10.5. The zero-order valence-electron chi connectivity index (χ0n) is 6.88. The number of nitro groups is 1. The Morgan fingerprint density at radius 3 is 2.77 bits per heavy atom. The minimum absolute atomic E-state index is 0.0483. The van der Waals surface area contributed by atoms with Crippen molar-refractivity contribution in [2.45, 2.75) is 0 Å². The van der Waals surface area contributed by atoms with Crippen LogP contribution < -0.4 is 0 Å². The van der Waals surface area contributed by atoms with E-state index >= 15 is 0 Å². The number of nitrogens with zero attached hydrogens (tertiary/aromatic N) is 1. The van der Waals surface area contributed by atoms with E-state index in [9.17, 15) is 10.1 Å². The van der Waals surface area contributed by atoms with Crippen molar-refractivity contribution >= 4 is 11.8 Å². The van der Waals surface area contributed by atoms with Gasteiger partial charge in [-0.1, -0.05) is 18.2 Å². The minimum Gasteiger partial charge on any atom is -0.392 e. The predicted octanol–water partition coefficient (Wildman–Crippen LogP) is 1.60. The van der Waals surface area contributed by atoms with Gasteiger partial charge >= 0.3 is 0 Å². The molecule has 1 N–H and O–H groups in total. The van der Waals surface area contributed by atoms with Crippen LogP contribution in [0.15, 0.2) is 30.3 Å². The van der Waals surface area contributed by atoms with Gasteiger partial charge in [-0.25, -0.2) is 0 Å². The summed E-state index contributed by atoms with van der Waals surface area (Å²) in [6.45, 7) is -0.119. The standard InChI is InChI=1S/C9H9NO3/c11-7-3-5-8-4-1-2-6-9(8)10(12)13/h1-6,11H,7H2/b5-3+. The lowest BCUT2D eigenvalue weighted by molar-refractivity contribution is -0.385. The van der Waals surface area contributed by atoms with Gasteiger partial charge in [0.15, 0.2) is 0 Å². The first-order valence-electron chi connectivity index (χ1n) is 3.76. The molecule has 0 unspecified atom stereocenters. The number of rotatable bonds is 3. The van der Waals surface area contributed by atoms with Crippen LogP contribution in [0, 0.1) is 10.1 Å². The Morgan fingerprint density at radius 1 is 1.46 bits per heavy atom. The summed E-state index contributed by atoms with van der Waals surface area (Å²) in [5, 5.41) is 19.0. The van der Waals surface area contributed by atoms with Gasteiger partial charge in [0.05, 0.1) is 17.1 Å². The van der Waals surface area contributed by atoms with Gasteiger partial charge in [0, 0.05) is 6.07 Å². The highest BCUT2D eigenvalue weighted by atomic mass is 16.6. The topological polar surface area (TPSA) is 63.4 Å². The lowest BCUT2D eigenvalue weighted by Gasteiger charge is -1.95. The number of hydrogen-bond acceptors (Lipinski definition) is 3. The van der Waals surface area contributed by atoms with Gasteiger partial charge in [0.1, 0.15) is 0 Å². The molecule has 0 bridgehead atoms. The Kier molecular flexibility index (Phi) is 3.16. The van der Waals surface area contributed by atoms with E-state index in [-0.39, 0.29) is 12.3 Å². The van der Waals surface area contributed by atoms with Gasteiger partial charge in [0.25, 0.3) is 5.69 Å². The third-order valence-corrected chi connectivity index (χ3v) is 1.54. The van der Waals surface area contributed by atoms with Crippen molar-refractivity contribution in [3.05, 3.63) is 46.0 Å². The average Bonchev–Trinajstić information content (AvgIpc) is 2.15. The largest absolute Gasteiger partial charge is 0.392 e. The molecule has 1 aromatic rings. The molecule has 13 heavy (non-hydrogen) atoms. The molecular formula is C9H9NO3. The van der Waals surface area contributed by atoms with Crippen LogP contribution in [0.1, 0.15) is 5.56 Å². The summed E-state index contributed by atoms with van der Waals surface area (Å²) < 4.78 is 0. The molecule has 0 spiro atoms. The van der Waals surface area contributed by atoms with E-state index in [4.69, 9.17) is 5.11 Å². The van der Waals surface area contributed by atoms with E-state index < -0.39 is 4.92 Å². The molecule has 0 saturated heterocycles. The van der Waals surface area contributed by atoms with Gasteiger partial charge in [0.2, 0.25) is 0 Å². The maximum atomic E-state index is 10.5. The summed E-state index contributed by atoms with van der Waals surface area (Å²) in [5.41, 5.74) is 0.550. The SMILES string of the molecule is O=[N+]([O-])c1ccccc1/C=C/CO. The molecule has 0 saturated carbocycles. The first kappa shape index (κ1) is 9.41. The molecule has 0 aliphatic heterocycles. The van der Waals surface area contributed by atoms with Crippen LogP contribution in [0.5, 0.6) is 0 Å². The fourth-order valence-corrected chi connectivity index (χ4v) is 0.974. The molecule has 68 valence electrons. The van der Waals surface area contributed by atoms with Crippen LogP contribution in [-0.4, -0.2) is 16.6 Å². The van der Waals surface area contributed by atoms with Crippen molar-refractivity contribution in [1.82, 2.24) is 0 Å². The third-order valence-electron chi connectivity index (χ3n) is 1.54. The van der Waals surface area contributed by atoms with Gasteiger partial charge in [-0.15, -0.1) is 0 Å². The molecule has 4 heteroatoms. The molecule has 0 aromatic heterocycles. The highest BCUT2D eigenvalue weighted by Crippen LogP contribution is 2.18. The lowest BCUT2D eigenvalue weighted by atomic mass is 10.1. The van der Waals surface area contributed by atoms with Gasteiger partial charge < -0.3 is 5.11 Å². The zero-order chi connectivity index (χ0) is 9.68. The van der Waals surface area contributed by atoms with E-state index in [1.807, 2.05) is 0 Å². The van der Waals surface area contributed by atoms with Crippen LogP contribution in [0.3, 0.4) is 0 Å². The van der Waals surface area contributed by atoms with Crippen molar-refractivity contribution in [1.29, 1.82) is 0 Å². The van der Waals surface area contributed by atoms with E-state index in [1.165, 1.54) is 18.2 Å². The molecule has 0 amide bonds. The lowest BCUT2D eigenvalue weighted by Crippen LogP contribution is -1.90. The van der Waals surface area contributed by atoms with Crippen molar-refractivity contribution in [3.63, 3.8) is 0 Å². The predicted molar refractivity (Wildman–Crippen MR) is 49.2 cm³/mol. The summed E-state index contributed by atoms with van der Waals surface area (Å²) in [6.07, 6.45) is 2.99. The van der Waals surface area contributed by atoms with Crippen LogP contribution in [0.2, 0.25) is 0 Å². The maximum Gasteiger partial charge on any atom is 0.276 e. The molecule has 1 rings (SSSR count). The molecule has 1 aromatic carbocycles. The van der Waals surface area contributed by atoms with E-state index in [1.54, 1.807) is 18.2 Å².